The molecule has 0 saturated carbocycles. The van der Waals surface area contributed by atoms with Gasteiger partial charge in [-0.1, -0.05) is 15.9 Å². The summed E-state index contributed by atoms with van der Waals surface area (Å²) in [5.41, 5.74) is 0.572. The number of ether oxygens (including phenoxy) is 1. The number of benzene rings is 1. The molecule has 1 aromatic carbocycles. The number of halogens is 1. The lowest BCUT2D eigenvalue weighted by Crippen LogP contribution is -2.03. The third-order valence-corrected chi connectivity index (χ3v) is 3.11. The molecule has 2 aromatic rings. The first kappa shape index (κ1) is 11.9. The topological polar surface area (TPSA) is 44.1 Å². The van der Waals surface area contributed by atoms with Crippen molar-refractivity contribution in [3.05, 3.63) is 46.5 Å². The van der Waals surface area contributed by atoms with Crippen LogP contribution in [0.4, 0.5) is 0 Å². The van der Waals surface area contributed by atoms with Gasteiger partial charge >= 0.3 is 0 Å². The number of carbonyl (C=O) groups excluding carboxylic acids is 1. The highest BCUT2D eigenvalue weighted by Crippen LogP contribution is 2.21. The fourth-order valence-corrected chi connectivity index (χ4v) is 1.73. The number of nitrogens with zero attached hydrogens (tertiary/aromatic N) is 2. The van der Waals surface area contributed by atoms with Crippen molar-refractivity contribution in [3.8, 4) is 5.75 Å². The van der Waals surface area contributed by atoms with Crippen molar-refractivity contribution in [1.82, 2.24) is 9.55 Å². The molecule has 88 valence electrons. The number of rotatable bonds is 4. The van der Waals surface area contributed by atoms with Crippen molar-refractivity contribution < 1.29 is 9.53 Å². The van der Waals surface area contributed by atoms with E-state index < -0.39 is 0 Å². The van der Waals surface area contributed by atoms with Crippen molar-refractivity contribution in [2.75, 3.05) is 0 Å². The first-order chi connectivity index (χ1) is 8.20. The lowest BCUT2D eigenvalue weighted by atomic mass is 10.2. The van der Waals surface area contributed by atoms with Crippen LogP contribution in [0.1, 0.15) is 16.2 Å². The minimum absolute atomic E-state index is 0.378. The van der Waals surface area contributed by atoms with E-state index in [1.807, 2.05) is 17.8 Å². The van der Waals surface area contributed by atoms with E-state index in [2.05, 4.69) is 20.9 Å². The molecule has 0 aliphatic heterocycles. The quantitative estimate of drug-likeness (QED) is 0.814. The summed E-state index contributed by atoms with van der Waals surface area (Å²) in [6.45, 7) is 0.378. The van der Waals surface area contributed by atoms with Crippen LogP contribution >= 0.6 is 15.9 Å². The number of hydrogen-bond donors (Lipinski definition) is 0. The minimum atomic E-state index is 0.378. The fourth-order valence-electron chi connectivity index (χ4n) is 1.39. The Bertz CT molecular complexity index is 537. The minimum Gasteiger partial charge on any atom is -0.486 e. The van der Waals surface area contributed by atoms with Crippen LogP contribution in [-0.2, 0) is 13.7 Å². The molecule has 1 aromatic heterocycles. The number of carbonyl (C=O) groups is 1. The molecule has 0 bridgehead atoms. The summed E-state index contributed by atoms with van der Waals surface area (Å²) in [6, 6.07) is 5.29. The predicted molar refractivity (Wildman–Crippen MR) is 67.1 cm³/mol. The van der Waals surface area contributed by atoms with Gasteiger partial charge in [0.25, 0.3) is 0 Å². The summed E-state index contributed by atoms with van der Waals surface area (Å²) in [5, 5.41) is 0. The van der Waals surface area contributed by atoms with Gasteiger partial charge in [0.2, 0.25) is 0 Å². The smallest absolute Gasteiger partial charge is 0.151 e. The van der Waals surface area contributed by atoms with E-state index in [0.29, 0.717) is 17.9 Å². The van der Waals surface area contributed by atoms with Crippen molar-refractivity contribution in [2.24, 2.45) is 7.05 Å². The number of imidazole rings is 1. The average molecular weight is 295 g/mol. The van der Waals surface area contributed by atoms with Gasteiger partial charge in [-0.05, 0) is 18.2 Å². The molecule has 2 rings (SSSR count). The Morgan fingerprint density at radius 2 is 2.35 bits per heavy atom. The Morgan fingerprint density at radius 1 is 1.53 bits per heavy atom. The van der Waals surface area contributed by atoms with Crippen LogP contribution in [0.3, 0.4) is 0 Å². The first-order valence-electron chi connectivity index (χ1n) is 5.04. The Kier molecular flexibility index (Phi) is 3.58. The normalized spacial score (nSPS) is 10.2. The second-order valence-corrected chi connectivity index (χ2v) is 4.40. The highest BCUT2D eigenvalue weighted by Gasteiger charge is 2.03. The molecular formula is C12H11BrN2O2. The van der Waals surface area contributed by atoms with E-state index in [1.54, 1.807) is 24.4 Å². The zero-order chi connectivity index (χ0) is 12.3. The molecule has 0 fully saturated rings. The van der Waals surface area contributed by atoms with E-state index in [9.17, 15) is 4.79 Å². The largest absolute Gasteiger partial charge is 0.486 e. The second-order valence-electron chi connectivity index (χ2n) is 3.54. The van der Waals surface area contributed by atoms with Gasteiger partial charge in [-0.3, -0.25) is 4.79 Å². The van der Waals surface area contributed by atoms with E-state index in [-0.39, 0.29) is 0 Å². The SMILES string of the molecule is Cn1ccnc1COc1ccc(Br)c(C=O)c1. The molecule has 0 aliphatic rings. The molecule has 0 spiro atoms. The molecule has 0 amide bonds. The Labute approximate surface area is 107 Å². The second kappa shape index (κ2) is 5.14. The highest BCUT2D eigenvalue weighted by molar-refractivity contribution is 9.10. The molecule has 4 nitrogen and oxygen atoms in total. The van der Waals surface area contributed by atoms with E-state index in [0.717, 1.165) is 16.6 Å². The number of aromatic nitrogens is 2. The third-order valence-electron chi connectivity index (χ3n) is 2.38. The van der Waals surface area contributed by atoms with Gasteiger partial charge < -0.3 is 9.30 Å². The molecule has 1 heterocycles. The molecule has 5 heteroatoms. The molecule has 0 N–H and O–H groups in total. The number of aryl methyl sites for hydroxylation is 1. The van der Waals surface area contributed by atoms with Crippen molar-refractivity contribution in [3.63, 3.8) is 0 Å². The highest BCUT2D eigenvalue weighted by atomic mass is 79.9. The molecule has 0 atom stereocenters. The number of hydrogen-bond acceptors (Lipinski definition) is 3. The number of aldehydes is 1. The van der Waals surface area contributed by atoms with E-state index >= 15 is 0 Å². The Hall–Kier alpha value is -1.62. The standard InChI is InChI=1S/C12H11BrN2O2/c1-15-5-4-14-12(15)8-17-10-2-3-11(13)9(6-10)7-16/h2-7H,8H2,1H3. The monoisotopic (exact) mass is 294 g/mol. The molecule has 0 saturated heterocycles. The Morgan fingerprint density at radius 3 is 3.00 bits per heavy atom. The maximum Gasteiger partial charge on any atom is 0.151 e. The van der Waals surface area contributed by atoms with Crippen LogP contribution < -0.4 is 4.74 Å². The summed E-state index contributed by atoms with van der Waals surface area (Å²) in [4.78, 5) is 14.9. The summed E-state index contributed by atoms with van der Waals surface area (Å²) in [6.07, 6.45) is 4.37. The predicted octanol–water partition coefficient (Wildman–Crippen LogP) is 2.57. The molecular weight excluding hydrogens is 284 g/mol. The van der Waals surface area contributed by atoms with Gasteiger partial charge in [0, 0.05) is 29.5 Å². The maximum absolute atomic E-state index is 10.8. The van der Waals surface area contributed by atoms with Crippen molar-refractivity contribution >= 4 is 22.2 Å². The molecule has 0 radical (unpaired) electrons. The Balaban J connectivity index is 2.09. The van der Waals surface area contributed by atoms with Gasteiger partial charge in [0.1, 0.15) is 18.2 Å². The van der Waals surface area contributed by atoms with E-state index in [4.69, 9.17) is 4.74 Å². The van der Waals surface area contributed by atoms with Crippen molar-refractivity contribution in [2.45, 2.75) is 6.61 Å². The van der Waals surface area contributed by atoms with Crippen LogP contribution in [0.2, 0.25) is 0 Å². The maximum atomic E-state index is 10.8. The first-order valence-corrected chi connectivity index (χ1v) is 5.83. The third kappa shape index (κ3) is 2.74. The van der Waals surface area contributed by atoms with Crippen molar-refractivity contribution in [1.29, 1.82) is 0 Å². The zero-order valence-corrected chi connectivity index (χ0v) is 10.8. The van der Waals surface area contributed by atoms with Crippen LogP contribution in [-0.4, -0.2) is 15.8 Å². The van der Waals surface area contributed by atoms with Gasteiger partial charge in [0.15, 0.2) is 6.29 Å². The average Bonchev–Trinajstić information content (AvgIpc) is 2.74. The summed E-state index contributed by atoms with van der Waals surface area (Å²) in [7, 11) is 1.91. The molecule has 0 unspecified atom stereocenters. The van der Waals surface area contributed by atoms with E-state index in [1.165, 1.54) is 0 Å². The van der Waals surface area contributed by atoms with Gasteiger partial charge in [-0.15, -0.1) is 0 Å². The lowest BCUT2D eigenvalue weighted by molar-refractivity contribution is 0.112. The summed E-state index contributed by atoms with van der Waals surface area (Å²) >= 11 is 3.29. The molecule has 17 heavy (non-hydrogen) atoms. The van der Waals surface area contributed by atoms with Gasteiger partial charge in [0.05, 0.1) is 0 Å². The van der Waals surface area contributed by atoms with Crippen LogP contribution in [0, 0.1) is 0 Å². The van der Waals surface area contributed by atoms with Crippen LogP contribution in [0.25, 0.3) is 0 Å². The van der Waals surface area contributed by atoms with Gasteiger partial charge in [-0.2, -0.15) is 0 Å². The van der Waals surface area contributed by atoms with Crippen LogP contribution in [0.15, 0.2) is 35.1 Å². The summed E-state index contributed by atoms with van der Waals surface area (Å²) in [5.74, 6) is 1.49. The van der Waals surface area contributed by atoms with Gasteiger partial charge in [-0.25, -0.2) is 4.98 Å². The fraction of sp³-hybridized carbons (Fsp3) is 0.167. The molecule has 0 aliphatic carbocycles. The summed E-state index contributed by atoms with van der Waals surface area (Å²) < 4.78 is 8.21. The van der Waals surface area contributed by atoms with Crippen LogP contribution in [0.5, 0.6) is 5.75 Å². The zero-order valence-electron chi connectivity index (χ0n) is 9.26. The lowest BCUT2D eigenvalue weighted by Gasteiger charge is -2.07.